The molecule has 0 saturated carbocycles. The van der Waals surface area contributed by atoms with Crippen LogP contribution in [0, 0.1) is 0 Å². The number of allylic oxidation sites excluding steroid dienone is 2. The van der Waals surface area contributed by atoms with Crippen molar-refractivity contribution in [1.29, 1.82) is 0 Å². The van der Waals surface area contributed by atoms with Crippen LogP contribution in [0.25, 0.3) is 0 Å². The predicted molar refractivity (Wildman–Crippen MR) is 95.7 cm³/mol. The summed E-state index contributed by atoms with van der Waals surface area (Å²) in [6, 6.07) is 0. The van der Waals surface area contributed by atoms with Gasteiger partial charge in [-0.25, -0.2) is 0 Å². The van der Waals surface area contributed by atoms with Crippen LogP contribution in [-0.4, -0.2) is 11.2 Å². The molecule has 0 rings (SSSR count). The fraction of sp³-hybridized carbons (Fsp3) is 0.900. The molecule has 0 saturated heterocycles. The zero-order valence-corrected chi connectivity index (χ0v) is 14.8. The average molecular weight is 297 g/mol. The molecule has 1 unspecified atom stereocenters. The van der Waals surface area contributed by atoms with Crippen molar-refractivity contribution in [3.05, 3.63) is 12.2 Å². The monoisotopic (exact) mass is 296 g/mol. The van der Waals surface area contributed by atoms with Gasteiger partial charge in [-0.05, 0) is 38.5 Å². The molecule has 1 nitrogen and oxygen atoms in total. The fourth-order valence-corrected chi connectivity index (χ4v) is 2.69. The average Bonchev–Trinajstić information content (AvgIpc) is 2.49. The third-order valence-corrected chi connectivity index (χ3v) is 4.19. The highest BCUT2D eigenvalue weighted by Crippen LogP contribution is 2.13. The van der Waals surface area contributed by atoms with Crippen molar-refractivity contribution in [2.24, 2.45) is 0 Å². The van der Waals surface area contributed by atoms with E-state index in [0.29, 0.717) is 0 Å². The second kappa shape index (κ2) is 17.8. The van der Waals surface area contributed by atoms with Crippen molar-refractivity contribution in [1.82, 2.24) is 0 Å². The van der Waals surface area contributed by atoms with Crippen LogP contribution in [0.1, 0.15) is 110 Å². The van der Waals surface area contributed by atoms with Crippen LogP contribution in [0.5, 0.6) is 0 Å². The Hall–Kier alpha value is -0.300. The topological polar surface area (TPSA) is 20.2 Å². The maximum absolute atomic E-state index is 9.93. The van der Waals surface area contributed by atoms with Gasteiger partial charge < -0.3 is 5.11 Å². The van der Waals surface area contributed by atoms with Gasteiger partial charge in [-0.1, -0.05) is 83.8 Å². The van der Waals surface area contributed by atoms with E-state index in [-0.39, 0.29) is 6.10 Å². The molecule has 0 aromatic rings. The quantitative estimate of drug-likeness (QED) is 0.245. The van der Waals surface area contributed by atoms with Crippen molar-refractivity contribution in [2.45, 2.75) is 116 Å². The molecule has 0 aromatic heterocycles. The van der Waals surface area contributed by atoms with E-state index < -0.39 is 0 Å². The lowest BCUT2D eigenvalue weighted by molar-refractivity contribution is 0.147. The van der Waals surface area contributed by atoms with Gasteiger partial charge in [-0.3, -0.25) is 0 Å². The van der Waals surface area contributed by atoms with Crippen molar-refractivity contribution in [3.63, 3.8) is 0 Å². The van der Waals surface area contributed by atoms with Crippen LogP contribution in [0.2, 0.25) is 0 Å². The van der Waals surface area contributed by atoms with Crippen LogP contribution in [-0.2, 0) is 0 Å². The predicted octanol–water partition coefficient (Wildman–Crippen LogP) is 6.79. The first-order valence-corrected chi connectivity index (χ1v) is 9.64. The summed E-state index contributed by atoms with van der Waals surface area (Å²) in [4.78, 5) is 0. The summed E-state index contributed by atoms with van der Waals surface area (Å²) in [5.74, 6) is 0. The van der Waals surface area contributed by atoms with Crippen LogP contribution in [0.15, 0.2) is 12.2 Å². The van der Waals surface area contributed by atoms with E-state index in [2.05, 4.69) is 26.0 Å². The van der Waals surface area contributed by atoms with E-state index in [9.17, 15) is 5.11 Å². The zero-order chi connectivity index (χ0) is 15.6. The fourth-order valence-electron chi connectivity index (χ4n) is 2.69. The second-order valence-corrected chi connectivity index (χ2v) is 6.46. The van der Waals surface area contributed by atoms with Gasteiger partial charge in [0.2, 0.25) is 0 Å². The third-order valence-electron chi connectivity index (χ3n) is 4.19. The van der Waals surface area contributed by atoms with E-state index in [1.807, 2.05) is 0 Å². The maximum Gasteiger partial charge on any atom is 0.0540 e. The largest absolute Gasteiger partial charge is 0.393 e. The minimum Gasteiger partial charge on any atom is -0.393 e. The lowest BCUT2D eigenvalue weighted by Crippen LogP contribution is -2.05. The van der Waals surface area contributed by atoms with Gasteiger partial charge in [-0.15, -0.1) is 0 Å². The minimum atomic E-state index is -0.0512. The molecule has 0 radical (unpaired) electrons. The summed E-state index contributed by atoms with van der Waals surface area (Å²) in [5, 5.41) is 9.93. The molecule has 0 amide bonds. The Morgan fingerprint density at radius 1 is 0.619 bits per heavy atom. The third kappa shape index (κ3) is 17.6. The zero-order valence-electron chi connectivity index (χ0n) is 14.8. The summed E-state index contributed by atoms with van der Waals surface area (Å²) < 4.78 is 0. The molecular formula is C20H40O. The number of hydrogen-bond acceptors (Lipinski definition) is 1. The van der Waals surface area contributed by atoms with Crippen molar-refractivity contribution >= 4 is 0 Å². The summed E-state index contributed by atoms with van der Waals surface area (Å²) in [6.45, 7) is 4.50. The molecule has 0 bridgehead atoms. The maximum atomic E-state index is 9.93. The molecule has 0 fully saturated rings. The highest BCUT2D eigenvalue weighted by Gasteiger charge is 2.03. The molecule has 0 aliphatic rings. The molecule has 0 aromatic carbocycles. The number of hydrogen-bond donors (Lipinski definition) is 1. The van der Waals surface area contributed by atoms with Gasteiger partial charge in [0.25, 0.3) is 0 Å². The molecule has 1 N–H and O–H groups in total. The Morgan fingerprint density at radius 3 is 1.67 bits per heavy atom. The molecule has 0 spiro atoms. The van der Waals surface area contributed by atoms with Gasteiger partial charge in [0.05, 0.1) is 6.10 Å². The summed E-state index contributed by atoms with van der Waals surface area (Å²) >= 11 is 0. The van der Waals surface area contributed by atoms with Crippen molar-refractivity contribution in [2.75, 3.05) is 0 Å². The van der Waals surface area contributed by atoms with Crippen LogP contribution >= 0.6 is 0 Å². The molecule has 126 valence electrons. The SMILES string of the molecule is CCCCCC=CCCCCC(O)CCCCCCCC. The minimum absolute atomic E-state index is 0.0512. The first kappa shape index (κ1) is 20.7. The van der Waals surface area contributed by atoms with E-state index in [1.54, 1.807) is 0 Å². The highest BCUT2D eigenvalue weighted by atomic mass is 16.3. The Morgan fingerprint density at radius 2 is 1.05 bits per heavy atom. The lowest BCUT2D eigenvalue weighted by Gasteiger charge is -2.09. The molecule has 1 atom stereocenters. The molecule has 0 aliphatic heterocycles. The smallest absolute Gasteiger partial charge is 0.0540 e. The standard InChI is InChI=1S/C20H40O/c1-3-5-7-9-11-12-13-15-17-19-20(21)18-16-14-10-8-6-4-2/h11-12,20-21H,3-10,13-19H2,1-2H3. The second-order valence-electron chi connectivity index (χ2n) is 6.46. The van der Waals surface area contributed by atoms with Gasteiger partial charge in [-0.2, -0.15) is 0 Å². The Labute approximate surface area is 134 Å². The first-order chi connectivity index (χ1) is 10.3. The molecule has 0 aliphatic carbocycles. The number of rotatable bonds is 16. The number of aliphatic hydroxyl groups is 1. The van der Waals surface area contributed by atoms with Crippen molar-refractivity contribution in [3.8, 4) is 0 Å². The Bertz CT molecular complexity index is 210. The molecule has 0 heterocycles. The van der Waals surface area contributed by atoms with E-state index in [0.717, 1.165) is 12.8 Å². The summed E-state index contributed by atoms with van der Waals surface area (Å²) in [7, 11) is 0. The number of aliphatic hydroxyl groups excluding tert-OH is 1. The molecular weight excluding hydrogens is 256 g/mol. The Balaban J connectivity index is 3.20. The van der Waals surface area contributed by atoms with Crippen LogP contribution in [0.4, 0.5) is 0 Å². The summed E-state index contributed by atoms with van der Waals surface area (Å²) in [5.41, 5.74) is 0. The van der Waals surface area contributed by atoms with Crippen molar-refractivity contribution < 1.29 is 5.11 Å². The number of unbranched alkanes of at least 4 members (excludes halogenated alkanes) is 10. The van der Waals surface area contributed by atoms with Gasteiger partial charge in [0, 0.05) is 0 Å². The normalized spacial score (nSPS) is 13.1. The summed E-state index contributed by atoms with van der Waals surface area (Å²) in [6.07, 6.45) is 23.4. The van der Waals surface area contributed by atoms with E-state index in [1.165, 1.54) is 83.5 Å². The lowest BCUT2D eigenvalue weighted by atomic mass is 10.0. The van der Waals surface area contributed by atoms with E-state index in [4.69, 9.17) is 0 Å². The highest BCUT2D eigenvalue weighted by molar-refractivity contribution is 4.81. The van der Waals surface area contributed by atoms with Crippen LogP contribution in [0.3, 0.4) is 0 Å². The Kier molecular flexibility index (Phi) is 17.5. The van der Waals surface area contributed by atoms with Gasteiger partial charge in [0.15, 0.2) is 0 Å². The van der Waals surface area contributed by atoms with Gasteiger partial charge in [0.1, 0.15) is 0 Å². The molecule has 1 heteroatoms. The van der Waals surface area contributed by atoms with Crippen LogP contribution < -0.4 is 0 Å². The van der Waals surface area contributed by atoms with E-state index >= 15 is 0 Å². The van der Waals surface area contributed by atoms with Gasteiger partial charge >= 0.3 is 0 Å². The molecule has 21 heavy (non-hydrogen) atoms. The first-order valence-electron chi connectivity index (χ1n) is 9.64.